The molecular weight excluding hydrogens is 146 g/mol. The lowest BCUT2D eigenvalue weighted by Gasteiger charge is -2.25. The van der Waals surface area contributed by atoms with Crippen molar-refractivity contribution in [1.82, 2.24) is 5.32 Å². The van der Waals surface area contributed by atoms with Gasteiger partial charge in [-0.3, -0.25) is 0 Å². The molecule has 0 bridgehead atoms. The summed E-state index contributed by atoms with van der Waals surface area (Å²) in [5.74, 6) is 0.940. The third-order valence-electron chi connectivity index (χ3n) is 3.31. The van der Waals surface area contributed by atoms with Crippen molar-refractivity contribution < 1.29 is 0 Å². The second-order valence-corrected chi connectivity index (χ2v) is 4.18. The molecule has 0 amide bonds. The van der Waals surface area contributed by atoms with E-state index in [-0.39, 0.29) is 0 Å². The average molecular weight is 169 g/mol. The van der Waals surface area contributed by atoms with Gasteiger partial charge in [0.05, 0.1) is 0 Å². The highest BCUT2D eigenvalue weighted by Gasteiger charge is 2.16. The van der Waals surface area contributed by atoms with E-state index in [1.807, 2.05) is 0 Å². The summed E-state index contributed by atoms with van der Waals surface area (Å²) in [4.78, 5) is 0. The van der Waals surface area contributed by atoms with Gasteiger partial charge in [-0.25, -0.2) is 0 Å². The Balaban J connectivity index is 2.29. The summed E-state index contributed by atoms with van der Waals surface area (Å²) in [5, 5.41) is 3.38. The van der Waals surface area contributed by atoms with Crippen molar-refractivity contribution in [2.75, 3.05) is 7.05 Å². The Labute approximate surface area is 76.9 Å². The molecule has 0 aromatic carbocycles. The van der Waals surface area contributed by atoms with Gasteiger partial charge in [-0.2, -0.15) is 0 Å². The van der Waals surface area contributed by atoms with Crippen LogP contribution < -0.4 is 5.32 Å². The Morgan fingerprint density at radius 2 is 1.50 bits per heavy atom. The van der Waals surface area contributed by atoms with Crippen LogP contribution in [-0.2, 0) is 0 Å². The Bertz CT molecular complexity index is 104. The Hall–Kier alpha value is -0.0400. The second-order valence-electron chi connectivity index (χ2n) is 4.18. The van der Waals surface area contributed by atoms with Crippen LogP contribution in [-0.4, -0.2) is 13.1 Å². The van der Waals surface area contributed by atoms with Crippen molar-refractivity contribution >= 4 is 0 Å². The van der Waals surface area contributed by atoms with Gasteiger partial charge in [-0.05, 0) is 32.7 Å². The Morgan fingerprint density at radius 3 is 2.00 bits per heavy atom. The van der Waals surface area contributed by atoms with E-state index in [2.05, 4.69) is 19.3 Å². The minimum atomic E-state index is 0.725. The lowest BCUT2D eigenvalue weighted by Crippen LogP contribution is -2.30. The standard InChI is InChI=1S/C11H23N/c1-10(12-2)11-8-6-4-3-5-7-9-11/h10-12H,3-9H2,1-2H3. The summed E-state index contributed by atoms with van der Waals surface area (Å²) < 4.78 is 0. The number of nitrogens with one attached hydrogen (secondary N) is 1. The van der Waals surface area contributed by atoms with E-state index in [0.717, 1.165) is 12.0 Å². The van der Waals surface area contributed by atoms with Gasteiger partial charge in [0.1, 0.15) is 0 Å². The van der Waals surface area contributed by atoms with Crippen molar-refractivity contribution in [2.45, 2.75) is 57.9 Å². The van der Waals surface area contributed by atoms with Crippen molar-refractivity contribution in [3.8, 4) is 0 Å². The average Bonchev–Trinajstić information content (AvgIpc) is 2.02. The van der Waals surface area contributed by atoms with E-state index in [0.29, 0.717) is 0 Å². The summed E-state index contributed by atoms with van der Waals surface area (Å²) in [6.07, 6.45) is 10.2. The van der Waals surface area contributed by atoms with Gasteiger partial charge in [0, 0.05) is 6.04 Å². The highest BCUT2D eigenvalue weighted by atomic mass is 14.9. The maximum absolute atomic E-state index is 3.38. The van der Waals surface area contributed by atoms with E-state index in [1.165, 1.54) is 44.9 Å². The quantitative estimate of drug-likeness (QED) is 0.670. The van der Waals surface area contributed by atoms with Crippen LogP contribution >= 0.6 is 0 Å². The van der Waals surface area contributed by atoms with E-state index >= 15 is 0 Å². The lowest BCUT2D eigenvalue weighted by molar-refractivity contribution is 0.309. The molecule has 1 atom stereocenters. The predicted molar refractivity (Wildman–Crippen MR) is 54.3 cm³/mol. The molecule has 1 rings (SSSR count). The summed E-state index contributed by atoms with van der Waals surface area (Å²) in [5.41, 5.74) is 0. The first-order valence-corrected chi connectivity index (χ1v) is 5.52. The van der Waals surface area contributed by atoms with Crippen molar-refractivity contribution in [3.63, 3.8) is 0 Å². The van der Waals surface area contributed by atoms with E-state index in [9.17, 15) is 0 Å². The Kier molecular flexibility index (Phi) is 4.67. The monoisotopic (exact) mass is 169 g/mol. The largest absolute Gasteiger partial charge is 0.317 e. The van der Waals surface area contributed by atoms with Crippen molar-refractivity contribution in [2.24, 2.45) is 5.92 Å². The molecule has 0 aromatic heterocycles. The van der Waals surface area contributed by atoms with Crippen LogP contribution in [0.2, 0.25) is 0 Å². The highest BCUT2D eigenvalue weighted by molar-refractivity contribution is 4.72. The van der Waals surface area contributed by atoms with Crippen LogP contribution in [0.5, 0.6) is 0 Å². The molecule has 0 heterocycles. The Morgan fingerprint density at radius 1 is 1.00 bits per heavy atom. The van der Waals surface area contributed by atoms with Gasteiger partial charge < -0.3 is 5.32 Å². The molecule has 1 nitrogen and oxygen atoms in total. The van der Waals surface area contributed by atoms with Crippen LogP contribution in [0.25, 0.3) is 0 Å². The molecule has 0 aliphatic heterocycles. The van der Waals surface area contributed by atoms with Gasteiger partial charge in [-0.15, -0.1) is 0 Å². The first-order chi connectivity index (χ1) is 5.84. The lowest BCUT2D eigenvalue weighted by atomic mass is 9.87. The van der Waals surface area contributed by atoms with Crippen LogP contribution in [0, 0.1) is 5.92 Å². The zero-order chi connectivity index (χ0) is 8.81. The zero-order valence-electron chi connectivity index (χ0n) is 8.60. The minimum Gasteiger partial charge on any atom is -0.317 e. The van der Waals surface area contributed by atoms with Crippen LogP contribution in [0.15, 0.2) is 0 Å². The summed E-state index contributed by atoms with van der Waals surface area (Å²) >= 11 is 0. The maximum Gasteiger partial charge on any atom is 0.00639 e. The summed E-state index contributed by atoms with van der Waals surface area (Å²) in [7, 11) is 2.09. The molecule has 0 aromatic rings. The molecule has 0 spiro atoms. The molecular formula is C11H23N. The van der Waals surface area contributed by atoms with E-state index in [1.54, 1.807) is 0 Å². The molecule has 0 radical (unpaired) electrons. The predicted octanol–water partition coefficient (Wildman–Crippen LogP) is 2.95. The van der Waals surface area contributed by atoms with Crippen molar-refractivity contribution in [3.05, 3.63) is 0 Å². The summed E-state index contributed by atoms with van der Waals surface area (Å²) in [6, 6.07) is 0.725. The maximum atomic E-state index is 3.38. The number of hydrogen-bond acceptors (Lipinski definition) is 1. The fourth-order valence-electron chi connectivity index (χ4n) is 2.22. The van der Waals surface area contributed by atoms with Crippen LogP contribution in [0.3, 0.4) is 0 Å². The normalized spacial score (nSPS) is 24.5. The molecule has 1 N–H and O–H groups in total. The zero-order valence-corrected chi connectivity index (χ0v) is 8.60. The molecule has 1 aliphatic rings. The fourth-order valence-corrected chi connectivity index (χ4v) is 2.22. The first-order valence-electron chi connectivity index (χ1n) is 5.52. The van der Waals surface area contributed by atoms with Gasteiger partial charge >= 0.3 is 0 Å². The fraction of sp³-hybridized carbons (Fsp3) is 1.00. The SMILES string of the molecule is CNC(C)C1CCCCCCC1. The third kappa shape index (κ3) is 3.14. The second kappa shape index (κ2) is 5.58. The van der Waals surface area contributed by atoms with Gasteiger partial charge in [0.15, 0.2) is 0 Å². The van der Waals surface area contributed by atoms with Crippen LogP contribution in [0.1, 0.15) is 51.9 Å². The van der Waals surface area contributed by atoms with E-state index < -0.39 is 0 Å². The van der Waals surface area contributed by atoms with Gasteiger partial charge in [0.2, 0.25) is 0 Å². The minimum absolute atomic E-state index is 0.725. The molecule has 1 unspecified atom stereocenters. The van der Waals surface area contributed by atoms with Crippen LogP contribution in [0.4, 0.5) is 0 Å². The molecule has 0 saturated heterocycles. The van der Waals surface area contributed by atoms with Gasteiger partial charge in [-0.1, -0.05) is 32.1 Å². The molecule has 1 heteroatoms. The van der Waals surface area contributed by atoms with Crippen molar-refractivity contribution in [1.29, 1.82) is 0 Å². The smallest absolute Gasteiger partial charge is 0.00639 e. The number of hydrogen-bond donors (Lipinski definition) is 1. The number of rotatable bonds is 2. The molecule has 1 fully saturated rings. The molecule has 12 heavy (non-hydrogen) atoms. The first kappa shape index (κ1) is 10.0. The molecule has 72 valence electrons. The molecule has 1 saturated carbocycles. The molecule has 1 aliphatic carbocycles. The van der Waals surface area contributed by atoms with Gasteiger partial charge in [0.25, 0.3) is 0 Å². The topological polar surface area (TPSA) is 12.0 Å². The highest BCUT2D eigenvalue weighted by Crippen LogP contribution is 2.24. The summed E-state index contributed by atoms with van der Waals surface area (Å²) in [6.45, 7) is 2.33. The third-order valence-corrected chi connectivity index (χ3v) is 3.31. The van der Waals surface area contributed by atoms with E-state index in [4.69, 9.17) is 0 Å².